The zero-order chi connectivity index (χ0) is 13.7. The molecule has 0 amide bonds. The van der Waals surface area contributed by atoms with Crippen molar-refractivity contribution in [2.24, 2.45) is 0 Å². The minimum atomic E-state index is -0.531. The van der Waals surface area contributed by atoms with Gasteiger partial charge in [0.25, 0.3) is 0 Å². The lowest BCUT2D eigenvalue weighted by atomic mass is 10.1. The van der Waals surface area contributed by atoms with Gasteiger partial charge < -0.3 is 4.74 Å². The quantitative estimate of drug-likeness (QED) is 0.778. The number of ether oxygens (including phenoxy) is 1. The van der Waals surface area contributed by atoms with Gasteiger partial charge in [-0.2, -0.15) is 0 Å². The van der Waals surface area contributed by atoms with E-state index in [0.29, 0.717) is 11.1 Å². The van der Waals surface area contributed by atoms with E-state index in [1.165, 1.54) is 12.1 Å². The molecule has 98 valence electrons. The Morgan fingerprint density at radius 3 is 2.63 bits per heavy atom. The standard InChI is InChI=1S/C15H12BrFO2/c16-12-6-7-14(17)13(8-12)15(18)10-19-9-11-4-2-1-3-5-11/h1-8H,9-10H2. The van der Waals surface area contributed by atoms with Crippen molar-refractivity contribution < 1.29 is 13.9 Å². The normalized spacial score (nSPS) is 10.4. The third-order valence-electron chi connectivity index (χ3n) is 2.57. The number of hydrogen-bond donors (Lipinski definition) is 0. The summed E-state index contributed by atoms with van der Waals surface area (Å²) < 4.78 is 19.4. The van der Waals surface area contributed by atoms with E-state index >= 15 is 0 Å². The smallest absolute Gasteiger partial charge is 0.191 e. The largest absolute Gasteiger partial charge is 0.369 e. The zero-order valence-electron chi connectivity index (χ0n) is 10.1. The lowest BCUT2D eigenvalue weighted by Crippen LogP contribution is -2.11. The van der Waals surface area contributed by atoms with Crippen molar-refractivity contribution in [3.63, 3.8) is 0 Å². The van der Waals surface area contributed by atoms with E-state index in [4.69, 9.17) is 4.74 Å². The van der Waals surface area contributed by atoms with Crippen LogP contribution in [-0.4, -0.2) is 12.4 Å². The van der Waals surface area contributed by atoms with Crippen molar-refractivity contribution in [1.29, 1.82) is 0 Å². The number of rotatable bonds is 5. The molecule has 0 bridgehead atoms. The van der Waals surface area contributed by atoms with Crippen LogP contribution in [0.25, 0.3) is 0 Å². The Labute approximate surface area is 119 Å². The summed E-state index contributed by atoms with van der Waals surface area (Å²) >= 11 is 3.21. The minimum Gasteiger partial charge on any atom is -0.369 e. The molecular formula is C15H12BrFO2. The topological polar surface area (TPSA) is 26.3 Å². The van der Waals surface area contributed by atoms with Crippen LogP contribution in [0, 0.1) is 5.82 Å². The van der Waals surface area contributed by atoms with Gasteiger partial charge in [0.1, 0.15) is 12.4 Å². The molecular weight excluding hydrogens is 311 g/mol. The van der Waals surface area contributed by atoms with Gasteiger partial charge in [-0.15, -0.1) is 0 Å². The van der Waals surface area contributed by atoms with Crippen LogP contribution in [0.3, 0.4) is 0 Å². The van der Waals surface area contributed by atoms with Crippen LogP contribution < -0.4 is 0 Å². The van der Waals surface area contributed by atoms with Crippen molar-refractivity contribution >= 4 is 21.7 Å². The molecule has 0 fully saturated rings. The van der Waals surface area contributed by atoms with E-state index in [1.807, 2.05) is 30.3 Å². The van der Waals surface area contributed by atoms with Crippen LogP contribution in [0.5, 0.6) is 0 Å². The highest BCUT2D eigenvalue weighted by atomic mass is 79.9. The predicted octanol–water partition coefficient (Wildman–Crippen LogP) is 3.99. The predicted molar refractivity (Wildman–Crippen MR) is 74.5 cm³/mol. The summed E-state index contributed by atoms with van der Waals surface area (Å²) in [5.74, 6) is -0.897. The van der Waals surface area contributed by atoms with Gasteiger partial charge in [0.15, 0.2) is 5.78 Å². The van der Waals surface area contributed by atoms with E-state index < -0.39 is 5.82 Å². The number of carbonyl (C=O) groups excluding carboxylic acids is 1. The maximum Gasteiger partial charge on any atom is 0.191 e. The molecule has 2 rings (SSSR count). The molecule has 0 heterocycles. The van der Waals surface area contributed by atoms with Gasteiger partial charge in [-0.25, -0.2) is 4.39 Å². The second-order valence-corrected chi connectivity index (χ2v) is 4.94. The summed E-state index contributed by atoms with van der Waals surface area (Å²) in [6.07, 6.45) is 0. The highest BCUT2D eigenvalue weighted by Crippen LogP contribution is 2.16. The summed E-state index contributed by atoms with van der Waals surface area (Å²) in [6.45, 7) is 0.199. The molecule has 0 saturated heterocycles. The molecule has 0 aliphatic rings. The fourth-order valence-electron chi connectivity index (χ4n) is 1.62. The lowest BCUT2D eigenvalue weighted by molar-refractivity contribution is 0.0722. The SMILES string of the molecule is O=C(COCc1ccccc1)c1cc(Br)ccc1F. The number of carbonyl (C=O) groups is 1. The molecule has 2 aromatic carbocycles. The molecule has 0 N–H and O–H groups in total. The first kappa shape index (κ1) is 13.9. The second kappa shape index (κ2) is 6.59. The average Bonchev–Trinajstić information content (AvgIpc) is 2.42. The number of ketones is 1. The lowest BCUT2D eigenvalue weighted by Gasteiger charge is -2.05. The van der Waals surface area contributed by atoms with E-state index in [2.05, 4.69) is 15.9 Å². The van der Waals surface area contributed by atoms with Gasteiger partial charge in [-0.3, -0.25) is 4.79 Å². The fourth-order valence-corrected chi connectivity index (χ4v) is 1.99. The van der Waals surface area contributed by atoms with E-state index in [9.17, 15) is 9.18 Å². The Hall–Kier alpha value is -1.52. The molecule has 2 aromatic rings. The third kappa shape index (κ3) is 3.98. The maximum atomic E-state index is 13.5. The van der Waals surface area contributed by atoms with Crippen molar-refractivity contribution in [2.75, 3.05) is 6.61 Å². The Bertz CT molecular complexity index is 570. The molecule has 4 heteroatoms. The minimum absolute atomic E-state index is 0.0439. The van der Waals surface area contributed by atoms with E-state index in [-0.39, 0.29) is 18.0 Å². The summed E-state index contributed by atoms with van der Waals surface area (Å²) in [7, 11) is 0. The molecule has 0 atom stereocenters. The van der Waals surface area contributed by atoms with E-state index in [0.717, 1.165) is 5.56 Å². The number of benzene rings is 2. The van der Waals surface area contributed by atoms with Crippen LogP contribution in [-0.2, 0) is 11.3 Å². The van der Waals surface area contributed by atoms with Crippen LogP contribution in [0.1, 0.15) is 15.9 Å². The molecule has 0 aliphatic carbocycles. The summed E-state index contributed by atoms with van der Waals surface area (Å²) in [5.41, 5.74) is 1.02. The third-order valence-corrected chi connectivity index (χ3v) is 3.07. The highest BCUT2D eigenvalue weighted by Gasteiger charge is 2.12. The Kier molecular flexibility index (Phi) is 4.82. The monoisotopic (exact) mass is 322 g/mol. The van der Waals surface area contributed by atoms with Crippen LogP contribution >= 0.6 is 15.9 Å². The Morgan fingerprint density at radius 1 is 1.16 bits per heavy atom. The van der Waals surface area contributed by atoms with Crippen molar-refractivity contribution in [2.45, 2.75) is 6.61 Å². The Morgan fingerprint density at radius 2 is 1.89 bits per heavy atom. The van der Waals surface area contributed by atoms with Gasteiger partial charge in [0.2, 0.25) is 0 Å². The van der Waals surface area contributed by atoms with Gasteiger partial charge in [-0.05, 0) is 23.8 Å². The molecule has 0 saturated carbocycles. The summed E-state index contributed by atoms with van der Waals surface area (Å²) in [5, 5.41) is 0. The van der Waals surface area contributed by atoms with Crippen LogP contribution in [0.4, 0.5) is 4.39 Å². The van der Waals surface area contributed by atoms with Gasteiger partial charge in [-0.1, -0.05) is 46.3 Å². The molecule has 0 unspecified atom stereocenters. The molecule has 0 spiro atoms. The fraction of sp³-hybridized carbons (Fsp3) is 0.133. The van der Waals surface area contributed by atoms with Crippen LogP contribution in [0.15, 0.2) is 53.0 Å². The summed E-state index contributed by atoms with van der Waals surface area (Å²) in [6, 6.07) is 13.8. The second-order valence-electron chi connectivity index (χ2n) is 4.03. The molecule has 19 heavy (non-hydrogen) atoms. The van der Waals surface area contributed by atoms with Gasteiger partial charge in [0.05, 0.1) is 12.2 Å². The molecule has 2 nitrogen and oxygen atoms in total. The average molecular weight is 323 g/mol. The van der Waals surface area contributed by atoms with Crippen molar-refractivity contribution in [3.05, 3.63) is 69.9 Å². The first-order chi connectivity index (χ1) is 9.16. The van der Waals surface area contributed by atoms with Crippen LogP contribution in [0.2, 0.25) is 0 Å². The summed E-state index contributed by atoms with van der Waals surface area (Å²) in [4.78, 5) is 11.8. The number of hydrogen-bond acceptors (Lipinski definition) is 2. The molecule has 0 radical (unpaired) electrons. The van der Waals surface area contributed by atoms with Crippen molar-refractivity contribution in [1.82, 2.24) is 0 Å². The number of Topliss-reactive ketones (excluding diaryl/α,β-unsaturated/α-hetero) is 1. The first-order valence-corrected chi connectivity index (χ1v) is 6.56. The zero-order valence-corrected chi connectivity index (χ0v) is 11.7. The molecule has 0 aromatic heterocycles. The van der Waals surface area contributed by atoms with Gasteiger partial charge >= 0.3 is 0 Å². The number of halogens is 2. The van der Waals surface area contributed by atoms with Crippen molar-refractivity contribution in [3.8, 4) is 0 Å². The van der Waals surface area contributed by atoms with E-state index in [1.54, 1.807) is 6.07 Å². The van der Waals surface area contributed by atoms with Gasteiger partial charge in [0, 0.05) is 4.47 Å². The Balaban J connectivity index is 1.93. The highest BCUT2D eigenvalue weighted by molar-refractivity contribution is 9.10. The first-order valence-electron chi connectivity index (χ1n) is 5.77. The maximum absolute atomic E-state index is 13.5. The molecule has 0 aliphatic heterocycles.